The van der Waals surface area contributed by atoms with Gasteiger partial charge in [-0.1, -0.05) is 49.7 Å². The lowest BCUT2D eigenvalue weighted by molar-refractivity contribution is -0.104. The first kappa shape index (κ1) is 18.8. The van der Waals surface area contributed by atoms with Crippen LogP contribution < -0.4 is 0 Å². The first-order valence-corrected chi connectivity index (χ1v) is 10.5. The molecule has 0 saturated heterocycles. The maximum absolute atomic E-state index is 10.7. The Morgan fingerprint density at radius 1 is 1.26 bits per heavy atom. The molecule has 0 aliphatic heterocycles. The lowest BCUT2D eigenvalue weighted by Gasteiger charge is -2.34. The van der Waals surface area contributed by atoms with Crippen LogP contribution in [0.25, 0.3) is 0 Å². The summed E-state index contributed by atoms with van der Waals surface area (Å²) in [4.78, 5) is 12.6. The van der Waals surface area contributed by atoms with Gasteiger partial charge in [0.15, 0.2) is 8.32 Å². The second kappa shape index (κ2) is 9.67. The Kier molecular flexibility index (Phi) is 9.57. The Bertz CT molecular complexity index is 314. The number of aldehydes is 1. The van der Waals surface area contributed by atoms with Gasteiger partial charge in [0.25, 0.3) is 0 Å². The Hall–Kier alpha value is -0.193. The van der Waals surface area contributed by atoms with Gasteiger partial charge in [0, 0.05) is 5.92 Å². The van der Waals surface area contributed by atoms with E-state index in [-0.39, 0.29) is 12.0 Å². The van der Waals surface area contributed by atoms with Crippen LogP contribution in [-0.4, -0.2) is 20.7 Å². The van der Waals surface area contributed by atoms with Crippen LogP contribution in [0.15, 0.2) is 22.7 Å². The molecule has 2 nitrogen and oxygen atoms in total. The molecule has 0 unspecified atom stereocenters. The number of carbonyl (C=O) groups excluding carboxylic acids is 1. The van der Waals surface area contributed by atoms with E-state index in [1.807, 2.05) is 24.1 Å². The number of carbonyl (C=O) groups is 1. The van der Waals surface area contributed by atoms with Crippen molar-refractivity contribution >= 4 is 30.5 Å². The maximum Gasteiger partial charge on any atom is 0.192 e. The summed E-state index contributed by atoms with van der Waals surface area (Å²) in [5.41, 5.74) is 0.765. The quantitative estimate of drug-likeness (QED) is 0.331. The number of rotatable bonds is 9. The molecule has 0 spiro atoms. The minimum atomic E-state index is -1.63. The lowest BCUT2D eigenvalue weighted by atomic mass is 10.0. The van der Waals surface area contributed by atoms with Crippen molar-refractivity contribution in [3.63, 3.8) is 0 Å². The number of allylic oxidation sites excluding steroid dienone is 1. The van der Waals surface area contributed by atoms with Gasteiger partial charge in [-0.25, -0.2) is 0 Å². The van der Waals surface area contributed by atoms with E-state index in [4.69, 9.17) is 4.43 Å². The molecule has 0 radical (unpaired) electrons. The molecule has 0 aliphatic carbocycles. The molecule has 0 aromatic heterocycles. The fourth-order valence-electron chi connectivity index (χ4n) is 2.23. The van der Waals surface area contributed by atoms with Crippen molar-refractivity contribution in [1.82, 2.24) is 0 Å². The minimum absolute atomic E-state index is 0.0424. The molecular weight excluding hydrogens is 320 g/mol. The van der Waals surface area contributed by atoms with Gasteiger partial charge in [-0.3, -0.25) is 4.79 Å². The molecule has 2 atom stereocenters. The van der Waals surface area contributed by atoms with Gasteiger partial charge in [0.05, 0.1) is 6.10 Å². The zero-order chi connectivity index (χ0) is 14.9. The van der Waals surface area contributed by atoms with E-state index in [0.29, 0.717) is 0 Å². The highest BCUT2D eigenvalue weighted by Crippen LogP contribution is 2.27. The van der Waals surface area contributed by atoms with Crippen molar-refractivity contribution in [3.8, 4) is 0 Å². The second-order valence-corrected chi connectivity index (χ2v) is 10.3. The summed E-state index contributed by atoms with van der Waals surface area (Å²) in [5.74, 6) is 0.204. The van der Waals surface area contributed by atoms with Gasteiger partial charge in [-0.2, -0.15) is 0 Å². The van der Waals surface area contributed by atoms with Gasteiger partial charge in [0.2, 0.25) is 0 Å². The Morgan fingerprint density at radius 2 is 1.79 bits per heavy atom. The summed E-state index contributed by atoms with van der Waals surface area (Å²) in [6.45, 7) is 10.6. The molecule has 0 fully saturated rings. The first-order valence-electron chi connectivity index (χ1n) is 7.06. The minimum Gasteiger partial charge on any atom is -0.410 e. The summed E-state index contributed by atoms with van der Waals surface area (Å²) in [7, 11) is -1.63. The molecule has 0 aliphatic rings. The molecule has 0 aromatic rings. The molecular formula is C15H27BrO2Si. The van der Waals surface area contributed by atoms with E-state index >= 15 is 0 Å². The number of halogens is 1. The second-order valence-electron chi connectivity index (χ2n) is 5.03. The molecule has 19 heavy (non-hydrogen) atoms. The van der Waals surface area contributed by atoms with Crippen molar-refractivity contribution in [3.05, 3.63) is 22.7 Å². The van der Waals surface area contributed by atoms with Gasteiger partial charge in [-0.15, -0.1) is 0 Å². The van der Waals surface area contributed by atoms with Crippen LogP contribution >= 0.6 is 15.9 Å². The summed E-state index contributed by atoms with van der Waals surface area (Å²) in [5, 5.41) is 0. The van der Waals surface area contributed by atoms with Crippen molar-refractivity contribution in [2.45, 2.75) is 58.9 Å². The zero-order valence-electron chi connectivity index (χ0n) is 12.8. The average Bonchev–Trinajstić information content (AvgIpc) is 2.43. The number of hydrogen-bond donors (Lipinski definition) is 0. The van der Waals surface area contributed by atoms with Crippen LogP contribution in [0.4, 0.5) is 0 Å². The summed E-state index contributed by atoms with van der Waals surface area (Å²) in [6.07, 6.45) is 4.98. The zero-order valence-corrected chi connectivity index (χ0v) is 15.4. The third-order valence-electron chi connectivity index (χ3n) is 3.81. The normalized spacial score (nSPS) is 16.6. The first-order chi connectivity index (χ1) is 8.98. The van der Waals surface area contributed by atoms with Crippen LogP contribution in [0.3, 0.4) is 0 Å². The third kappa shape index (κ3) is 6.19. The smallest absolute Gasteiger partial charge is 0.192 e. The molecule has 4 heteroatoms. The van der Waals surface area contributed by atoms with Crippen molar-refractivity contribution in [2.75, 3.05) is 0 Å². The Labute approximate surface area is 127 Å². The van der Waals surface area contributed by atoms with Gasteiger partial charge >= 0.3 is 0 Å². The van der Waals surface area contributed by atoms with E-state index in [2.05, 4.69) is 43.6 Å². The van der Waals surface area contributed by atoms with Gasteiger partial charge < -0.3 is 4.43 Å². The fourth-order valence-corrected chi connectivity index (χ4v) is 5.40. The monoisotopic (exact) mass is 346 g/mol. The predicted octanol–water partition coefficient (Wildman–Crippen LogP) is 5.07. The Morgan fingerprint density at radius 3 is 2.16 bits per heavy atom. The molecule has 110 valence electrons. The highest BCUT2D eigenvalue weighted by molar-refractivity contribution is 9.11. The number of hydrogen-bond acceptors (Lipinski definition) is 2. The standard InChI is InChI=1S/C15H27BrO2Si/c1-6-19(7-2,8-3)18-15(9-10-16)14(5)11-13(4)12-17/h9-12,14-15H,6-8H2,1-5H3/b10-9-,13-11+/t14-,15+/m1/s1. The molecule has 0 N–H and O–H groups in total. The van der Waals surface area contributed by atoms with Gasteiger partial charge in [-0.05, 0) is 41.7 Å². The van der Waals surface area contributed by atoms with E-state index in [1.54, 1.807) is 0 Å². The maximum atomic E-state index is 10.7. The van der Waals surface area contributed by atoms with E-state index < -0.39 is 8.32 Å². The SMILES string of the molecule is CC[Si](CC)(CC)O[C@@H](/C=C\Br)[C@H](C)/C=C(\C)C=O. The topological polar surface area (TPSA) is 26.3 Å². The van der Waals surface area contributed by atoms with Gasteiger partial charge in [0.1, 0.15) is 6.29 Å². The van der Waals surface area contributed by atoms with Crippen LogP contribution in [0.5, 0.6) is 0 Å². The van der Waals surface area contributed by atoms with Crippen molar-refractivity contribution in [2.24, 2.45) is 5.92 Å². The lowest BCUT2D eigenvalue weighted by Crippen LogP contribution is -2.41. The average molecular weight is 347 g/mol. The van der Waals surface area contributed by atoms with Crippen LogP contribution in [0.2, 0.25) is 18.1 Å². The highest BCUT2D eigenvalue weighted by Gasteiger charge is 2.32. The molecule has 0 saturated carbocycles. The van der Waals surface area contributed by atoms with Crippen LogP contribution in [0.1, 0.15) is 34.6 Å². The molecule has 0 aromatic carbocycles. The van der Waals surface area contributed by atoms with Crippen LogP contribution in [0, 0.1) is 5.92 Å². The molecule has 0 amide bonds. The fraction of sp³-hybridized carbons (Fsp3) is 0.667. The largest absolute Gasteiger partial charge is 0.410 e. The summed E-state index contributed by atoms with van der Waals surface area (Å²) >= 11 is 3.34. The predicted molar refractivity (Wildman–Crippen MR) is 89.1 cm³/mol. The van der Waals surface area contributed by atoms with Crippen molar-refractivity contribution in [1.29, 1.82) is 0 Å². The summed E-state index contributed by atoms with van der Waals surface area (Å²) < 4.78 is 6.49. The van der Waals surface area contributed by atoms with Crippen LogP contribution in [-0.2, 0) is 9.22 Å². The molecule has 0 bridgehead atoms. The van der Waals surface area contributed by atoms with E-state index in [0.717, 1.165) is 30.0 Å². The highest BCUT2D eigenvalue weighted by atomic mass is 79.9. The van der Waals surface area contributed by atoms with E-state index in [1.165, 1.54) is 0 Å². The summed E-state index contributed by atoms with van der Waals surface area (Å²) in [6, 6.07) is 3.40. The molecule has 0 heterocycles. The van der Waals surface area contributed by atoms with Crippen molar-refractivity contribution < 1.29 is 9.22 Å². The molecule has 0 rings (SSSR count). The third-order valence-corrected chi connectivity index (χ3v) is 8.75. The van der Waals surface area contributed by atoms with E-state index in [9.17, 15) is 4.79 Å². The Balaban J connectivity index is 5.06.